The molecule has 1 unspecified atom stereocenters. The van der Waals surface area contributed by atoms with Crippen LogP contribution in [0.1, 0.15) is 62.1 Å². The molecule has 2 aliphatic carbocycles. The quantitative estimate of drug-likeness (QED) is 0.926. The lowest BCUT2D eigenvalue weighted by Crippen LogP contribution is -2.40. The van der Waals surface area contributed by atoms with Crippen LogP contribution in [0.15, 0.2) is 24.3 Å². The summed E-state index contributed by atoms with van der Waals surface area (Å²) in [5, 5.41) is 0. The molecule has 1 atom stereocenters. The Balaban J connectivity index is 1.70. The Labute approximate surface area is 133 Å². The summed E-state index contributed by atoms with van der Waals surface area (Å²) in [5.41, 5.74) is 8.84. The Bertz CT molecular complexity index is 534. The van der Waals surface area contributed by atoms with Gasteiger partial charge in [-0.15, -0.1) is 0 Å². The van der Waals surface area contributed by atoms with Crippen LogP contribution < -0.4 is 5.73 Å². The van der Waals surface area contributed by atoms with E-state index >= 15 is 0 Å². The van der Waals surface area contributed by atoms with E-state index in [1.54, 1.807) is 0 Å². The number of nitrogens with two attached hydrogens (primary N) is 1. The smallest absolute Gasteiger partial charge is 0.223 e. The third kappa shape index (κ3) is 2.91. The predicted molar refractivity (Wildman–Crippen MR) is 89.5 cm³/mol. The number of aryl methyl sites for hydroxylation is 1. The van der Waals surface area contributed by atoms with Crippen LogP contribution in [0.25, 0.3) is 0 Å². The zero-order chi connectivity index (χ0) is 15.6. The molecule has 0 bridgehead atoms. The fourth-order valence-electron chi connectivity index (χ4n) is 4.31. The lowest BCUT2D eigenvalue weighted by Gasteiger charge is -2.37. The Morgan fingerprint density at radius 3 is 2.73 bits per heavy atom. The van der Waals surface area contributed by atoms with Gasteiger partial charge in [-0.05, 0) is 48.8 Å². The van der Waals surface area contributed by atoms with Crippen LogP contribution in [0.3, 0.4) is 0 Å². The molecule has 0 heterocycles. The average molecular weight is 300 g/mol. The number of hydrogen-bond donors (Lipinski definition) is 1. The maximum atomic E-state index is 12.8. The summed E-state index contributed by atoms with van der Waals surface area (Å²) in [5.74, 6) is 0.272. The Hall–Kier alpha value is -1.35. The summed E-state index contributed by atoms with van der Waals surface area (Å²) in [6.45, 7) is 0.647. The predicted octanol–water partition coefficient (Wildman–Crippen LogP) is 3.43. The molecule has 2 aliphatic rings. The molecule has 1 aromatic rings. The van der Waals surface area contributed by atoms with Crippen LogP contribution in [0.2, 0.25) is 0 Å². The van der Waals surface area contributed by atoms with Gasteiger partial charge in [0.25, 0.3) is 0 Å². The molecule has 2 N–H and O–H groups in total. The van der Waals surface area contributed by atoms with Crippen LogP contribution in [-0.4, -0.2) is 24.4 Å². The molecule has 0 aliphatic heterocycles. The first kappa shape index (κ1) is 15.5. The summed E-state index contributed by atoms with van der Waals surface area (Å²) in [7, 11) is 1.97. The van der Waals surface area contributed by atoms with Gasteiger partial charge in [0.05, 0.1) is 6.04 Å². The summed E-state index contributed by atoms with van der Waals surface area (Å²) in [6.07, 6.45) is 8.73. The van der Waals surface area contributed by atoms with Gasteiger partial charge in [0.1, 0.15) is 0 Å². The van der Waals surface area contributed by atoms with Crippen molar-refractivity contribution in [3.63, 3.8) is 0 Å². The molecule has 1 amide bonds. The molecule has 22 heavy (non-hydrogen) atoms. The molecule has 3 heteroatoms. The van der Waals surface area contributed by atoms with Crippen LogP contribution in [-0.2, 0) is 11.2 Å². The van der Waals surface area contributed by atoms with Crippen molar-refractivity contribution in [1.82, 2.24) is 4.90 Å². The normalized spacial score (nSPS) is 23.1. The molecule has 0 radical (unpaired) electrons. The van der Waals surface area contributed by atoms with Gasteiger partial charge in [0.2, 0.25) is 5.91 Å². The number of fused-ring (bicyclic) bond motifs is 1. The second-order valence-electron chi connectivity index (χ2n) is 7.20. The third-order valence-electron chi connectivity index (χ3n) is 5.84. The van der Waals surface area contributed by atoms with Gasteiger partial charge in [-0.25, -0.2) is 0 Å². The van der Waals surface area contributed by atoms with Crippen molar-refractivity contribution in [2.75, 3.05) is 13.6 Å². The maximum Gasteiger partial charge on any atom is 0.223 e. The number of carbonyl (C=O) groups is 1. The molecule has 0 saturated heterocycles. The topological polar surface area (TPSA) is 46.3 Å². The van der Waals surface area contributed by atoms with E-state index in [0.29, 0.717) is 13.0 Å². The molecule has 0 aromatic heterocycles. The van der Waals surface area contributed by atoms with E-state index in [2.05, 4.69) is 24.3 Å². The molecule has 1 fully saturated rings. The van der Waals surface area contributed by atoms with Crippen molar-refractivity contribution in [3.8, 4) is 0 Å². The van der Waals surface area contributed by atoms with E-state index < -0.39 is 0 Å². The third-order valence-corrected chi connectivity index (χ3v) is 5.84. The maximum absolute atomic E-state index is 12.8. The molecule has 3 nitrogen and oxygen atoms in total. The molecular formula is C19H28N2O. The van der Waals surface area contributed by atoms with Crippen LogP contribution >= 0.6 is 0 Å². The van der Waals surface area contributed by atoms with Gasteiger partial charge in [0.15, 0.2) is 0 Å². The molecule has 3 rings (SSSR count). The average Bonchev–Trinajstić information content (AvgIpc) is 2.99. The second-order valence-corrected chi connectivity index (χ2v) is 7.20. The highest BCUT2D eigenvalue weighted by Gasteiger charge is 2.36. The Morgan fingerprint density at radius 2 is 2.00 bits per heavy atom. The SMILES string of the molecule is CN(C(=O)CC1(CN)CCCCC1)C1CCc2ccccc21. The molecular weight excluding hydrogens is 272 g/mol. The number of hydrogen-bond acceptors (Lipinski definition) is 2. The highest BCUT2D eigenvalue weighted by molar-refractivity contribution is 5.77. The van der Waals surface area contributed by atoms with Crippen molar-refractivity contribution >= 4 is 5.91 Å². The van der Waals surface area contributed by atoms with Crippen LogP contribution in [0.5, 0.6) is 0 Å². The number of rotatable bonds is 4. The van der Waals surface area contributed by atoms with Crippen LogP contribution in [0, 0.1) is 5.41 Å². The highest BCUT2D eigenvalue weighted by atomic mass is 16.2. The largest absolute Gasteiger partial charge is 0.339 e. The van der Waals surface area contributed by atoms with Crippen molar-refractivity contribution in [2.24, 2.45) is 11.1 Å². The lowest BCUT2D eigenvalue weighted by atomic mass is 9.71. The Morgan fingerprint density at radius 1 is 1.27 bits per heavy atom. The zero-order valence-corrected chi connectivity index (χ0v) is 13.7. The van der Waals surface area contributed by atoms with Gasteiger partial charge >= 0.3 is 0 Å². The second kappa shape index (κ2) is 6.41. The van der Waals surface area contributed by atoms with Gasteiger partial charge in [-0.2, -0.15) is 0 Å². The monoisotopic (exact) mass is 300 g/mol. The van der Waals surface area contributed by atoms with Crippen molar-refractivity contribution in [1.29, 1.82) is 0 Å². The first-order valence-electron chi connectivity index (χ1n) is 8.69. The highest BCUT2D eigenvalue weighted by Crippen LogP contribution is 2.40. The lowest BCUT2D eigenvalue weighted by molar-refractivity contribution is -0.135. The number of amides is 1. The fourth-order valence-corrected chi connectivity index (χ4v) is 4.31. The molecule has 120 valence electrons. The van der Waals surface area contributed by atoms with Crippen LogP contribution in [0.4, 0.5) is 0 Å². The van der Waals surface area contributed by atoms with Crippen molar-refractivity contribution in [3.05, 3.63) is 35.4 Å². The van der Waals surface area contributed by atoms with Gasteiger partial charge in [-0.3, -0.25) is 4.79 Å². The zero-order valence-electron chi connectivity index (χ0n) is 13.7. The minimum atomic E-state index is 0.0573. The van der Waals surface area contributed by atoms with E-state index in [0.717, 1.165) is 25.7 Å². The molecule has 1 saturated carbocycles. The minimum absolute atomic E-state index is 0.0573. The minimum Gasteiger partial charge on any atom is -0.339 e. The van der Waals surface area contributed by atoms with Gasteiger partial charge < -0.3 is 10.6 Å². The molecule has 0 spiro atoms. The first-order valence-corrected chi connectivity index (χ1v) is 8.69. The number of nitrogens with zero attached hydrogens (tertiary/aromatic N) is 1. The van der Waals surface area contributed by atoms with Gasteiger partial charge in [0, 0.05) is 13.5 Å². The summed E-state index contributed by atoms with van der Waals surface area (Å²) in [4.78, 5) is 14.8. The van der Waals surface area contributed by atoms with E-state index in [4.69, 9.17) is 5.73 Å². The number of benzene rings is 1. The fraction of sp³-hybridized carbons (Fsp3) is 0.632. The summed E-state index contributed by atoms with van der Waals surface area (Å²) < 4.78 is 0. The first-order chi connectivity index (χ1) is 10.7. The van der Waals surface area contributed by atoms with E-state index in [1.165, 1.54) is 30.4 Å². The molecule has 1 aromatic carbocycles. The summed E-state index contributed by atoms with van der Waals surface area (Å²) in [6, 6.07) is 8.79. The standard InChI is InChI=1S/C19H28N2O/c1-21(17-10-9-15-7-3-4-8-16(15)17)18(22)13-19(14-20)11-5-2-6-12-19/h3-4,7-8,17H,2,5-6,9-14,20H2,1H3. The van der Waals surface area contributed by atoms with E-state index in [9.17, 15) is 4.79 Å². The van der Waals surface area contributed by atoms with Crippen molar-refractivity contribution < 1.29 is 4.79 Å². The van der Waals surface area contributed by atoms with Gasteiger partial charge in [-0.1, -0.05) is 43.5 Å². The number of carbonyl (C=O) groups excluding carboxylic acids is 1. The van der Waals surface area contributed by atoms with E-state index in [-0.39, 0.29) is 17.4 Å². The summed E-state index contributed by atoms with van der Waals surface area (Å²) >= 11 is 0. The Kier molecular flexibility index (Phi) is 4.53. The van der Waals surface area contributed by atoms with Crippen molar-refractivity contribution in [2.45, 2.75) is 57.4 Å². The van der Waals surface area contributed by atoms with E-state index in [1.807, 2.05) is 11.9 Å².